The third-order valence-electron chi connectivity index (χ3n) is 7.39. The largest absolute Gasteiger partial charge is 0.493 e. The van der Waals surface area contributed by atoms with Gasteiger partial charge in [-0.15, -0.1) is 0 Å². The molecule has 0 atom stereocenters. The maximum atomic E-state index is 15.1. The molecule has 42 heavy (non-hydrogen) atoms. The van der Waals surface area contributed by atoms with Crippen LogP contribution >= 0.6 is 0 Å². The SMILES string of the molecule is CCOc1cc(C(=O)O)c(F)cc1-c1cn(C2CCN(C(=O)OC(C)(C)C)CC2)c2ncc(-c3c(C)noc3C)cc12. The molecule has 1 amide bonds. The number of halogens is 1. The average molecular weight is 579 g/mol. The van der Waals surface area contributed by atoms with Crippen LogP contribution in [0, 0.1) is 19.7 Å². The van der Waals surface area contributed by atoms with Gasteiger partial charge in [-0.1, -0.05) is 5.16 Å². The fourth-order valence-electron chi connectivity index (χ4n) is 5.51. The Morgan fingerprint density at radius 3 is 2.45 bits per heavy atom. The third kappa shape index (κ3) is 5.55. The van der Waals surface area contributed by atoms with E-state index in [0.717, 1.165) is 22.2 Å². The standard InChI is InChI=1S/C31H35FN4O6/c1-7-40-26-14-23(29(37)38)25(32)13-21(26)24-16-36(20-8-10-35(11-9-20)30(39)41-31(4,5)6)28-22(24)12-19(15-33-28)27-17(2)34-42-18(27)3/h12-16,20H,7-11H2,1-6H3,(H,37,38). The Hall–Kier alpha value is -4.41. The maximum absolute atomic E-state index is 15.1. The van der Waals surface area contributed by atoms with E-state index in [2.05, 4.69) is 9.72 Å². The normalized spacial score (nSPS) is 14.4. The minimum Gasteiger partial charge on any atom is -0.493 e. The van der Waals surface area contributed by atoms with E-state index < -0.39 is 23.0 Å². The molecule has 4 heterocycles. The summed E-state index contributed by atoms with van der Waals surface area (Å²) in [6.45, 7) is 12.3. The number of piperidine rings is 1. The Kier molecular flexibility index (Phi) is 7.70. The average Bonchev–Trinajstić information content (AvgIpc) is 3.47. The number of carboxylic acid groups (broad SMARTS) is 1. The molecular weight excluding hydrogens is 543 g/mol. The van der Waals surface area contributed by atoms with Gasteiger partial charge in [0, 0.05) is 59.2 Å². The molecule has 0 aliphatic carbocycles. The molecule has 5 rings (SSSR count). The maximum Gasteiger partial charge on any atom is 0.410 e. The Morgan fingerprint density at radius 2 is 1.86 bits per heavy atom. The molecule has 0 radical (unpaired) electrons. The fraction of sp³-hybridized carbons (Fsp3) is 0.419. The Bertz CT molecular complexity index is 1640. The van der Waals surface area contributed by atoms with Gasteiger partial charge in [0.2, 0.25) is 0 Å². The first-order valence-electron chi connectivity index (χ1n) is 14.0. The van der Waals surface area contributed by atoms with Crippen LogP contribution in [0.25, 0.3) is 33.3 Å². The Morgan fingerprint density at radius 1 is 1.14 bits per heavy atom. The van der Waals surface area contributed by atoms with Crippen molar-refractivity contribution in [3.63, 3.8) is 0 Å². The van der Waals surface area contributed by atoms with E-state index in [-0.39, 0.29) is 24.5 Å². The zero-order valence-corrected chi connectivity index (χ0v) is 24.7. The molecular formula is C31H35FN4O6. The van der Waals surface area contributed by atoms with Gasteiger partial charge in [0.15, 0.2) is 0 Å². The topological polar surface area (TPSA) is 120 Å². The van der Waals surface area contributed by atoms with Gasteiger partial charge in [-0.05, 0) is 72.6 Å². The molecule has 1 saturated heterocycles. The van der Waals surface area contributed by atoms with Crippen molar-refractivity contribution < 1.29 is 33.1 Å². The summed E-state index contributed by atoms with van der Waals surface area (Å²) in [5.41, 5.74) is 3.05. The fourth-order valence-corrected chi connectivity index (χ4v) is 5.51. The second kappa shape index (κ2) is 11.1. The number of fused-ring (bicyclic) bond motifs is 1. The van der Waals surface area contributed by atoms with Crippen molar-refractivity contribution in [2.24, 2.45) is 0 Å². The summed E-state index contributed by atoms with van der Waals surface area (Å²) in [5.74, 6) is -1.32. The summed E-state index contributed by atoms with van der Waals surface area (Å²) in [6.07, 6.45) is 4.68. The van der Waals surface area contributed by atoms with E-state index in [1.54, 1.807) is 18.0 Å². The minimum atomic E-state index is -1.37. The second-order valence-corrected chi connectivity index (χ2v) is 11.5. The summed E-state index contributed by atoms with van der Waals surface area (Å²) < 4.78 is 33.9. The highest BCUT2D eigenvalue weighted by Gasteiger charge is 2.30. The molecule has 10 nitrogen and oxygen atoms in total. The lowest BCUT2D eigenvalue weighted by Gasteiger charge is -2.34. The molecule has 11 heteroatoms. The van der Waals surface area contributed by atoms with Crippen LogP contribution < -0.4 is 4.74 Å². The molecule has 4 aromatic rings. The van der Waals surface area contributed by atoms with Crippen molar-refractivity contribution in [1.29, 1.82) is 0 Å². The molecule has 1 aliphatic rings. The van der Waals surface area contributed by atoms with E-state index >= 15 is 4.39 Å². The number of aromatic nitrogens is 3. The number of rotatable bonds is 6. The van der Waals surface area contributed by atoms with Crippen LogP contribution in [0.5, 0.6) is 5.75 Å². The van der Waals surface area contributed by atoms with Gasteiger partial charge in [-0.3, -0.25) is 0 Å². The zero-order chi connectivity index (χ0) is 30.3. The van der Waals surface area contributed by atoms with Gasteiger partial charge in [0.25, 0.3) is 0 Å². The number of amides is 1. The highest BCUT2D eigenvalue weighted by molar-refractivity contribution is 5.99. The lowest BCUT2D eigenvalue weighted by atomic mass is 9.99. The number of ether oxygens (including phenoxy) is 2. The minimum absolute atomic E-state index is 0.0102. The zero-order valence-electron chi connectivity index (χ0n) is 24.7. The van der Waals surface area contributed by atoms with Crippen LogP contribution in [0.15, 0.2) is 35.1 Å². The highest BCUT2D eigenvalue weighted by Crippen LogP contribution is 2.41. The van der Waals surface area contributed by atoms with Gasteiger partial charge in [0.05, 0.1) is 17.9 Å². The van der Waals surface area contributed by atoms with Crippen LogP contribution in [0.2, 0.25) is 0 Å². The van der Waals surface area contributed by atoms with Crippen LogP contribution in [0.3, 0.4) is 0 Å². The van der Waals surface area contributed by atoms with E-state index in [1.807, 2.05) is 46.9 Å². The number of hydrogen-bond donors (Lipinski definition) is 1. The number of carbonyl (C=O) groups excluding carboxylic acids is 1. The van der Waals surface area contributed by atoms with Gasteiger partial charge in [-0.2, -0.15) is 0 Å². The Labute approximate surface area is 243 Å². The van der Waals surface area contributed by atoms with E-state index in [1.165, 1.54) is 12.1 Å². The number of hydrogen-bond acceptors (Lipinski definition) is 7. The second-order valence-electron chi connectivity index (χ2n) is 11.5. The molecule has 3 aromatic heterocycles. The lowest BCUT2D eigenvalue weighted by Crippen LogP contribution is -2.42. The van der Waals surface area contributed by atoms with E-state index in [0.29, 0.717) is 48.5 Å². The monoisotopic (exact) mass is 578 g/mol. The number of pyridine rings is 1. The number of likely N-dealkylation sites (tertiary alicyclic amines) is 1. The van der Waals surface area contributed by atoms with Crippen LogP contribution in [-0.2, 0) is 4.74 Å². The van der Waals surface area contributed by atoms with Crippen molar-refractivity contribution in [3.8, 4) is 28.0 Å². The highest BCUT2D eigenvalue weighted by atomic mass is 19.1. The molecule has 0 bridgehead atoms. The van der Waals surface area contributed by atoms with E-state index in [4.69, 9.17) is 19.0 Å². The molecule has 1 aromatic carbocycles. The molecule has 0 spiro atoms. The molecule has 0 saturated carbocycles. The summed E-state index contributed by atoms with van der Waals surface area (Å²) in [4.78, 5) is 30.9. The first-order valence-corrected chi connectivity index (χ1v) is 14.0. The lowest BCUT2D eigenvalue weighted by molar-refractivity contribution is 0.0189. The summed E-state index contributed by atoms with van der Waals surface area (Å²) >= 11 is 0. The predicted molar refractivity (Wildman–Crippen MR) is 154 cm³/mol. The molecule has 0 unspecified atom stereocenters. The summed E-state index contributed by atoms with van der Waals surface area (Å²) in [7, 11) is 0. The number of benzene rings is 1. The molecule has 1 N–H and O–H groups in total. The predicted octanol–water partition coefficient (Wildman–Crippen LogP) is 6.78. The van der Waals surface area contributed by atoms with Crippen LogP contribution in [0.4, 0.5) is 9.18 Å². The van der Waals surface area contributed by atoms with Crippen LogP contribution in [-0.4, -0.2) is 62.1 Å². The number of aryl methyl sites for hydroxylation is 2. The summed E-state index contributed by atoms with van der Waals surface area (Å²) in [5, 5.41) is 14.3. The Balaban J connectivity index is 1.62. The summed E-state index contributed by atoms with van der Waals surface area (Å²) in [6, 6.07) is 4.41. The molecule has 1 fully saturated rings. The number of carbonyl (C=O) groups is 2. The van der Waals surface area contributed by atoms with Gasteiger partial charge in [-0.25, -0.2) is 19.0 Å². The van der Waals surface area contributed by atoms with Crippen molar-refractivity contribution >= 4 is 23.1 Å². The number of carboxylic acids is 1. The molecule has 1 aliphatic heterocycles. The van der Waals surface area contributed by atoms with Gasteiger partial charge >= 0.3 is 12.1 Å². The first kappa shape index (κ1) is 29.1. The number of nitrogens with zero attached hydrogens (tertiary/aromatic N) is 4. The molecule has 222 valence electrons. The van der Waals surface area contributed by atoms with Gasteiger partial charge in [0.1, 0.15) is 28.6 Å². The smallest absolute Gasteiger partial charge is 0.410 e. The first-order chi connectivity index (χ1) is 19.9. The quantitative estimate of drug-likeness (QED) is 0.266. The van der Waals surface area contributed by atoms with Crippen LogP contribution in [0.1, 0.15) is 68.4 Å². The van der Waals surface area contributed by atoms with Crippen molar-refractivity contribution in [2.45, 2.75) is 66.0 Å². The van der Waals surface area contributed by atoms with Crippen molar-refractivity contribution in [1.82, 2.24) is 19.6 Å². The van der Waals surface area contributed by atoms with E-state index in [9.17, 15) is 14.7 Å². The number of aromatic carboxylic acids is 1. The third-order valence-corrected chi connectivity index (χ3v) is 7.39. The van der Waals surface area contributed by atoms with Crippen molar-refractivity contribution in [2.75, 3.05) is 19.7 Å². The van der Waals surface area contributed by atoms with Crippen molar-refractivity contribution in [3.05, 3.63) is 53.4 Å². The van der Waals surface area contributed by atoms with Gasteiger partial charge < -0.3 is 28.6 Å².